The van der Waals surface area contributed by atoms with Crippen molar-refractivity contribution in [3.8, 4) is 0 Å². The Morgan fingerprint density at radius 2 is 1.26 bits per heavy atom. The Hall–Kier alpha value is -0.530. The topological polar surface area (TPSA) is 136 Å². The number of nitro groups is 2. The van der Waals surface area contributed by atoms with Crippen LogP contribution in [-0.2, 0) is 0 Å². The highest BCUT2D eigenvalue weighted by atomic mass is 32.3. The second-order valence-electron chi connectivity index (χ2n) is 3.18. The largest absolute Gasteiger partial charge is 0.543 e. The second-order valence-corrected chi connectivity index (χ2v) is 8.04. The van der Waals surface area contributed by atoms with Gasteiger partial charge in [-0.25, -0.2) is 4.79 Å². The number of nitrogens with one attached hydrogen (secondary N) is 1. The molecule has 134 valence electrons. The molecule has 0 spiro atoms. The molecular weight excluding hydrogens is 441 g/mol. The van der Waals surface area contributed by atoms with E-state index in [0.29, 0.717) is 0 Å². The average molecular weight is 443 g/mol. The monoisotopic (exact) mass is 443 g/mol. The number of hydrogen-bond donors (Lipinski definition) is 2. The molecule has 0 aliphatic heterocycles. The molecule has 0 radical (unpaired) electrons. The summed E-state index contributed by atoms with van der Waals surface area (Å²) in [6.07, 6.45) is -2.42. The quantitative estimate of drug-likeness (QED) is 0.220. The van der Waals surface area contributed by atoms with Crippen LogP contribution in [0.1, 0.15) is 0 Å². The number of rotatable bonds is 10. The van der Waals surface area contributed by atoms with Crippen LogP contribution in [-0.4, -0.2) is 34.3 Å². The number of amides is 1. The molecule has 0 fully saturated rings. The van der Waals surface area contributed by atoms with Crippen LogP contribution >= 0.6 is 60.7 Å². The summed E-state index contributed by atoms with van der Waals surface area (Å²) in [6.45, 7) is 0. The molecule has 0 saturated carbocycles. The average Bonchev–Trinajstić information content (AvgIpc) is 2.49. The Morgan fingerprint density at radius 3 is 1.43 bits per heavy atom. The van der Waals surface area contributed by atoms with Gasteiger partial charge >= 0.3 is 19.4 Å². The maximum Gasteiger partial charge on any atom is 0.543 e. The Balaban J connectivity index is 6.96. The fourth-order valence-corrected chi connectivity index (χ4v) is 4.38. The first-order valence-corrected chi connectivity index (χ1v) is 7.98. The SMILES string of the molecule is O=C(O)NC(SF)(SF)C([N+](=O)[O-])([N+](=O)[O-])C(SF)(SF)SF. The second kappa shape index (κ2) is 8.53. The van der Waals surface area contributed by atoms with Gasteiger partial charge in [0.1, 0.15) is 34.1 Å². The summed E-state index contributed by atoms with van der Waals surface area (Å²) >= 11 is -8.19. The van der Waals surface area contributed by atoms with Crippen molar-refractivity contribution in [3.05, 3.63) is 20.2 Å². The van der Waals surface area contributed by atoms with Crippen LogP contribution in [0.4, 0.5) is 24.2 Å². The zero-order chi connectivity index (χ0) is 18.5. The van der Waals surface area contributed by atoms with Gasteiger partial charge in [-0.05, 0) is 0 Å². The van der Waals surface area contributed by atoms with Crippen LogP contribution in [0.3, 0.4) is 0 Å². The van der Waals surface area contributed by atoms with Crippen LogP contribution in [0, 0.1) is 20.2 Å². The highest BCUT2D eigenvalue weighted by Crippen LogP contribution is 2.64. The van der Waals surface area contributed by atoms with Crippen LogP contribution in [0.5, 0.6) is 0 Å². The van der Waals surface area contributed by atoms with Gasteiger partial charge in [-0.2, -0.15) is 19.4 Å². The van der Waals surface area contributed by atoms with Gasteiger partial charge in [0.25, 0.3) is 0 Å². The van der Waals surface area contributed by atoms with E-state index in [4.69, 9.17) is 5.11 Å². The molecule has 0 aliphatic carbocycles. The fraction of sp³-hybridized carbons (Fsp3) is 0.750. The minimum atomic E-state index is -4.70. The highest BCUT2D eigenvalue weighted by Gasteiger charge is 2.90. The van der Waals surface area contributed by atoms with Crippen molar-refractivity contribution < 1.29 is 39.2 Å². The lowest BCUT2D eigenvalue weighted by atomic mass is 10.2. The maximum atomic E-state index is 13.2. The Kier molecular flexibility index (Phi) is 8.34. The van der Waals surface area contributed by atoms with Crippen molar-refractivity contribution in [2.75, 3.05) is 0 Å². The molecule has 0 aromatic heterocycles. The van der Waals surface area contributed by atoms with E-state index in [1.807, 2.05) is 0 Å². The lowest BCUT2D eigenvalue weighted by Crippen LogP contribution is -2.74. The first kappa shape index (κ1) is 22.5. The van der Waals surface area contributed by atoms with E-state index in [0.717, 1.165) is 5.32 Å². The van der Waals surface area contributed by atoms with E-state index in [1.165, 1.54) is 0 Å². The third-order valence-electron chi connectivity index (χ3n) is 2.21. The first-order chi connectivity index (χ1) is 10.6. The van der Waals surface area contributed by atoms with Gasteiger partial charge in [0, 0.05) is 0 Å². The molecule has 1 amide bonds. The molecule has 0 aromatic carbocycles. The minimum absolute atomic E-state index is 0.774. The Morgan fingerprint density at radius 1 is 0.913 bits per heavy atom. The molecule has 0 saturated heterocycles. The Bertz CT molecular complexity index is 457. The van der Waals surface area contributed by atoms with Crippen LogP contribution in [0.2, 0.25) is 0 Å². The number of nitrogens with zero attached hydrogens (tertiary/aromatic N) is 2. The van der Waals surface area contributed by atoms with Crippen molar-refractivity contribution in [1.29, 1.82) is 0 Å². The van der Waals surface area contributed by atoms with Gasteiger partial charge in [0.2, 0.25) is 0 Å². The predicted octanol–water partition coefficient (Wildman–Crippen LogP) is 3.90. The molecule has 0 unspecified atom stereocenters. The molecular formula is C4H2F5N3O6S5. The zero-order valence-electron chi connectivity index (χ0n) is 9.81. The van der Waals surface area contributed by atoms with Gasteiger partial charge in [0.15, 0.2) is 0 Å². The summed E-state index contributed by atoms with van der Waals surface area (Å²) in [4.78, 5) is 28.6. The lowest BCUT2D eigenvalue weighted by Gasteiger charge is -2.36. The van der Waals surface area contributed by atoms with E-state index in [2.05, 4.69) is 0 Å². The summed E-state index contributed by atoms with van der Waals surface area (Å²) in [6, 6.07) is 0. The molecule has 0 bridgehead atoms. The lowest BCUT2D eigenvalue weighted by molar-refractivity contribution is -0.796. The molecule has 0 rings (SSSR count). The molecule has 19 heteroatoms. The zero-order valence-corrected chi connectivity index (χ0v) is 13.9. The molecule has 0 heterocycles. The van der Waals surface area contributed by atoms with E-state index in [-0.39, 0.29) is 0 Å². The summed E-state index contributed by atoms with van der Waals surface area (Å²) in [5.41, 5.74) is -4.70. The highest BCUT2D eigenvalue weighted by molar-refractivity contribution is 8.29. The fourth-order valence-electron chi connectivity index (χ4n) is 1.32. The van der Waals surface area contributed by atoms with Crippen molar-refractivity contribution in [1.82, 2.24) is 5.32 Å². The number of carbonyl (C=O) groups is 1. The molecule has 9 nitrogen and oxygen atoms in total. The standard InChI is InChI=1S/C4H2F5N3O6S5/c5-19-3(20-6,10-1(13)14)2(11(15)16,12(17)18)4(21-7,22-8)23-9/h10H,(H,13,14). The van der Waals surface area contributed by atoms with Crippen molar-refractivity contribution in [2.24, 2.45) is 0 Å². The molecule has 0 atom stereocenters. The molecule has 2 N–H and O–H groups in total. The minimum Gasteiger partial charge on any atom is -0.465 e. The number of hydrogen-bond acceptors (Lipinski definition) is 10. The van der Waals surface area contributed by atoms with E-state index >= 15 is 0 Å². The molecule has 23 heavy (non-hydrogen) atoms. The van der Waals surface area contributed by atoms with Crippen LogP contribution in [0.25, 0.3) is 0 Å². The van der Waals surface area contributed by atoms with Gasteiger partial charge < -0.3 is 5.11 Å². The third-order valence-corrected chi connectivity index (χ3v) is 6.39. The van der Waals surface area contributed by atoms with Crippen LogP contribution < -0.4 is 5.32 Å². The van der Waals surface area contributed by atoms with Gasteiger partial charge in [0.05, 0.1) is 36.4 Å². The van der Waals surface area contributed by atoms with Crippen molar-refractivity contribution >= 4 is 66.8 Å². The summed E-state index contributed by atoms with van der Waals surface area (Å²) in [5, 5.41) is 31.6. The smallest absolute Gasteiger partial charge is 0.465 e. The van der Waals surface area contributed by atoms with E-state index in [9.17, 15) is 44.5 Å². The third kappa shape index (κ3) is 3.33. The van der Waals surface area contributed by atoms with Gasteiger partial charge in [-0.15, -0.1) is 0 Å². The summed E-state index contributed by atoms with van der Waals surface area (Å²) < 4.78 is 57.2. The van der Waals surface area contributed by atoms with Crippen LogP contribution in [0.15, 0.2) is 0 Å². The molecule has 0 aliphatic rings. The normalized spacial score (nSPS) is 12.7. The molecule has 0 aromatic rings. The maximum absolute atomic E-state index is 13.2. The van der Waals surface area contributed by atoms with Crippen molar-refractivity contribution in [3.63, 3.8) is 0 Å². The van der Waals surface area contributed by atoms with Gasteiger partial charge in [-0.3, -0.25) is 25.5 Å². The van der Waals surface area contributed by atoms with E-state index in [1.54, 1.807) is 0 Å². The van der Waals surface area contributed by atoms with E-state index < -0.39 is 90.0 Å². The number of halogens is 5. The summed E-state index contributed by atoms with van der Waals surface area (Å²) in [5.74, 6) is 0. The Labute approximate surface area is 145 Å². The first-order valence-electron chi connectivity index (χ1n) is 4.40. The van der Waals surface area contributed by atoms with Gasteiger partial charge in [-0.1, -0.05) is 0 Å². The predicted molar refractivity (Wildman–Crippen MR) is 76.8 cm³/mol. The number of carboxylic acid groups (broad SMARTS) is 1. The van der Waals surface area contributed by atoms with Crippen molar-refractivity contribution in [2.45, 2.75) is 13.3 Å². The summed E-state index contributed by atoms with van der Waals surface area (Å²) in [7, 11) is 0.